The number of carboxylic acid groups (broad SMARTS) is 1. The number of urea groups is 1. The molecule has 0 spiro atoms. The first-order chi connectivity index (χ1) is 8.16. The van der Waals surface area contributed by atoms with E-state index >= 15 is 0 Å². The summed E-state index contributed by atoms with van der Waals surface area (Å²) in [5.41, 5.74) is 0. The van der Waals surface area contributed by atoms with Crippen LogP contribution in [0.15, 0.2) is 17.5 Å². The van der Waals surface area contributed by atoms with Gasteiger partial charge in [0.15, 0.2) is 0 Å². The second-order valence-corrected chi connectivity index (χ2v) is 5.04. The quantitative estimate of drug-likeness (QED) is 0.855. The molecule has 1 saturated heterocycles. The molecule has 1 aromatic rings. The number of carboxylic acids is 1. The highest BCUT2D eigenvalue weighted by Crippen LogP contribution is 2.16. The van der Waals surface area contributed by atoms with Crippen LogP contribution in [-0.4, -0.2) is 35.1 Å². The topological polar surface area (TPSA) is 69.6 Å². The number of likely N-dealkylation sites (tertiary alicyclic amines) is 1. The molecule has 1 fully saturated rings. The van der Waals surface area contributed by atoms with Gasteiger partial charge in [0.2, 0.25) is 0 Å². The van der Waals surface area contributed by atoms with Crippen molar-refractivity contribution >= 4 is 23.3 Å². The molecule has 1 atom stereocenters. The van der Waals surface area contributed by atoms with E-state index in [1.165, 1.54) is 0 Å². The summed E-state index contributed by atoms with van der Waals surface area (Å²) in [6.07, 6.45) is 0.543. The lowest BCUT2D eigenvalue weighted by Gasteiger charge is -2.16. The molecule has 0 bridgehead atoms. The van der Waals surface area contributed by atoms with E-state index in [9.17, 15) is 9.59 Å². The van der Waals surface area contributed by atoms with Gasteiger partial charge in [0, 0.05) is 18.0 Å². The predicted octanol–water partition coefficient (Wildman–Crippen LogP) is 1.36. The Kier molecular flexibility index (Phi) is 3.63. The summed E-state index contributed by atoms with van der Waals surface area (Å²) in [4.78, 5) is 25.1. The van der Waals surface area contributed by atoms with Crippen LogP contribution in [0.3, 0.4) is 0 Å². The van der Waals surface area contributed by atoms with E-state index in [1.54, 1.807) is 16.2 Å². The molecule has 1 aliphatic rings. The maximum atomic E-state index is 11.7. The lowest BCUT2D eigenvalue weighted by molar-refractivity contribution is -0.141. The molecule has 2 amide bonds. The first-order valence-electron chi connectivity index (χ1n) is 5.45. The van der Waals surface area contributed by atoms with Gasteiger partial charge < -0.3 is 15.3 Å². The molecule has 6 heteroatoms. The Labute approximate surface area is 103 Å². The zero-order valence-corrected chi connectivity index (χ0v) is 10.1. The summed E-state index contributed by atoms with van der Waals surface area (Å²) in [7, 11) is 0. The standard InChI is InChI=1S/C11H14N2O3S/c14-10(15)8-3-4-13(7-8)11(16)12-6-9-2-1-5-17-9/h1-2,5,8H,3-4,6-7H2,(H,12,16)(H,14,15). The Balaban J connectivity index is 1.79. The number of nitrogens with zero attached hydrogens (tertiary/aromatic N) is 1. The number of aliphatic carboxylic acids is 1. The summed E-state index contributed by atoms with van der Waals surface area (Å²) < 4.78 is 0. The van der Waals surface area contributed by atoms with E-state index < -0.39 is 11.9 Å². The fraction of sp³-hybridized carbons (Fsp3) is 0.455. The zero-order chi connectivity index (χ0) is 12.3. The van der Waals surface area contributed by atoms with Gasteiger partial charge in [-0.2, -0.15) is 0 Å². The van der Waals surface area contributed by atoms with Gasteiger partial charge >= 0.3 is 12.0 Å². The molecule has 2 N–H and O–H groups in total. The van der Waals surface area contributed by atoms with Crippen LogP contribution in [0.5, 0.6) is 0 Å². The predicted molar refractivity (Wildman–Crippen MR) is 63.9 cm³/mol. The SMILES string of the molecule is O=C(O)C1CCN(C(=O)NCc2cccs2)C1. The summed E-state index contributed by atoms with van der Waals surface area (Å²) in [5.74, 6) is -1.24. The van der Waals surface area contributed by atoms with Crippen LogP contribution in [-0.2, 0) is 11.3 Å². The van der Waals surface area contributed by atoms with Crippen LogP contribution in [0.1, 0.15) is 11.3 Å². The van der Waals surface area contributed by atoms with Crippen LogP contribution in [0.2, 0.25) is 0 Å². The fourth-order valence-electron chi connectivity index (χ4n) is 1.83. The van der Waals surface area contributed by atoms with E-state index in [-0.39, 0.29) is 6.03 Å². The molecule has 0 saturated carbocycles. The Bertz CT molecular complexity index is 405. The van der Waals surface area contributed by atoms with Gasteiger partial charge in [-0.25, -0.2) is 4.79 Å². The Morgan fingerprint density at radius 3 is 3.00 bits per heavy atom. The highest BCUT2D eigenvalue weighted by Gasteiger charge is 2.30. The van der Waals surface area contributed by atoms with Gasteiger partial charge in [-0.1, -0.05) is 6.07 Å². The number of carbonyl (C=O) groups excluding carboxylic acids is 1. The van der Waals surface area contributed by atoms with Crippen LogP contribution in [0, 0.1) is 5.92 Å². The molecule has 92 valence electrons. The number of carbonyl (C=O) groups is 2. The summed E-state index contributed by atoms with van der Waals surface area (Å²) in [6.45, 7) is 1.34. The van der Waals surface area contributed by atoms with Gasteiger partial charge in [0.25, 0.3) is 0 Å². The molecule has 1 aliphatic heterocycles. The van der Waals surface area contributed by atoms with E-state index in [2.05, 4.69) is 5.32 Å². The number of hydrogen-bond acceptors (Lipinski definition) is 3. The molecular weight excluding hydrogens is 240 g/mol. The lowest BCUT2D eigenvalue weighted by atomic mass is 10.1. The highest BCUT2D eigenvalue weighted by molar-refractivity contribution is 7.09. The largest absolute Gasteiger partial charge is 0.481 e. The molecule has 5 nitrogen and oxygen atoms in total. The van der Waals surface area contributed by atoms with Crippen molar-refractivity contribution in [3.8, 4) is 0 Å². The van der Waals surface area contributed by atoms with Crippen LogP contribution in [0.4, 0.5) is 4.79 Å². The smallest absolute Gasteiger partial charge is 0.317 e. The van der Waals surface area contributed by atoms with E-state index in [4.69, 9.17) is 5.11 Å². The third kappa shape index (κ3) is 2.97. The van der Waals surface area contributed by atoms with Gasteiger partial charge in [-0.15, -0.1) is 11.3 Å². The van der Waals surface area contributed by atoms with Crippen molar-refractivity contribution in [2.24, 2.45) is 5.92 Å². The molecule has 0 aromatic carbocycles. The number of rotatable bonds is 3. The Hall–Kier alpha value is -1.56. The molecule has 0 radical (unpaired) electrons. The van der Waals surface area contributed by atoms with Crippen molar-refractivity contribution in [1.82, 2.24) is 10.2 Å². The van der Waals surface area contributed by atoms with Crippen molar-refractivity contribution in [3.63, 3.8) is 0 Å². The molecule has 0 aliphatic carbocycles. The molecule has 1 aromatic heterocycles. The third-order valence-electron chi connectivity index (χ3n) is 2.82. The molecule has 1 unspecified atom stereocenters. The van der Waals surface area contributed by atoms with Gasteiger partial charge in [-0.3, -0.25) is 4.79 Å². The van der Waals surface area contributed by atoms with Gasteiger partial charge in [-0.05, 0) is 17.9 Å². The van der Waals surface area contributed by atoms with Gasteiger partial charge in [0.1, 0.15) is 0 Å². The maximum Gasteiger partial charge on any atom is 0.317 e. The average Bonchev–Trinajstić information content (AvgIpc) is 2.96. The monoisotopic (exact) mass is 254 g/mol. The van der Waals surface area contributed by atoms with Crippen molar-refractivity contribution in [2.45, 2.75) is 13.0 Å². The molecule has 17 heavy (non-hydrogen) atoms. The summed E-state index contributed by atoms with van der Waals surface area (Å²) in [5, 5.41) is 13.6. The fourth-order valence-corrected chi connectivity index (χ4v) is 2.48. The summed E-state index contributed by atoms with van der Waals surface area (Å²) >= 11 is 1.59. The average molecular weight is 254 g/mol. The number of hydrogen-bond donors (Lipinski definition) is 2. The van der Waals surface area contributed by atoms with Crippen LogP contribution in [0.25, 0.3) is 0 Å². The van der Waals surface area contributed by atoms with Crippen molar-refractivity contribution in [1.29, 1.82) is 0 Å². The maximum absolute atomic E-state index is 11.7. The number of thiophene rings is 1. The number of amides is 2. The minimum Gasteiger partial charge on any atom is -0.481 e. The third-order valence-corrected chi connectivity index (χ3v) is 3.70. The normalized spacial score (nSPS) is 19.3. The van der Waals surface area contributed by atoms with Crippen molar-refractivity contribution in [2.75, 3.05) is 13.1 Å². The number of nitrogens with one attached hydrogen (secondary N) is 1. The van der Waals surface area contributed by atoms with E-state index in [0.29, 0.717) is 26.1 Å². The Morgan fingerprint density at radius 2 is 2.41 bits per heavy atom. The lowest BCUT2D eigenvalue weighted by Crippen LogP contribution is -2.38. The second kappa shape index (κ2) is 5.18. The van der Waals surface area contributed by atoms with Crippen LogP contribution < -0.4 is 5.32 Å². The minimum atomic E-state index is -0.821. The molecular formula is C11H14N2O3S. The second-order valence-electron chi connectivity index (χ2n) is 4.01. The summed E-state index contributed by atoms with van der Waals surface area (Å²) in [6, 6.07) is 3.71. The highest BCUT2D eigenvalue weighted by atomic mass is 32.1. The van der Waals surface area contributed by atoms with Gasteiger partial charge in [0.05, 0.1) is 12.5 Å². The first-order valence-corrected chi connectivity index (χ1v) is 6.33. The first kappa shape index (κ1) is 11.9. The van der Waals surface area contributed by atoms with E-state index in [1.807, 2.05) is 17.5 Å². The molecule has 2 heterocycles. The van der Waals surface area contributed by atoms with Crippen molar-refractivity contribution in [3.05, 3.63) is 22.4 Å². The van der Waals surface area contributed by atoms with E-state index in [0.717, 1.165) is 4.88 Å². The Morgan fingerprint density at radius 1 is 1.59 bits per heavy atom. The minimum absolute atomic E-state index is 0.179. The van der Waals surface area contributed by atoms with Crippen molar-refractivity contribution < 1.29 is 14.7 Å². The molecule has 2 rings (SSSR count). The van der Waals surface area contributed by atoms with Crippen LogP contribution >= 0.6 is 11.3 Å². The zero-order valence-electron chi connectivity index (χ0n) is 9.26.